The molecule has 2 N–H and O–H groups in total. The molecule has 6 nitrogen and oxygen atoms in total. The molecule has 0 amide bonds. The topological polar surface area (TPSA) is 109 Å². The summed E-state index contributed by atoms with van der Waals surface area (Å²) in [5.74, 6) is -2.20. The van der Waals surface area contributed by atoms with Crippen LogP contribution in [0.3, 0.4) is 0 Å². The van der Waals surface area contributed by atoms with Gasteiger partial charge < -0.3 is 10.2 Å². The van der Waals surface area contributed by atoms with E-state index in [1.54, 1.807) is 52.0 Å². The molecular weight excluding hydrogens is 348 g/mol. The highest BCUT2D eigenvalue weighted by atomic mass is 16.4. The molecule has 0 saturated heterocycles. The van der Waals surface area contributed by atoms with Gasteiger partial charge in [0.15, 0.2) is 11.6 Å². The van der Waals surface area contributed by atoms with Gasteiger partial charge in [-0.1, -0.05) is 31.2 Å². The highest BCUT2D eigenvalue weighted by molar-refractivity contribution is 5.99. The molecule has 1 rings (SSSR count). The second kappa shape index (κ2) is 8.93. The van der Waals surface area contributed by atoms with E-state index >= 15 is 0 Å². The van der Waals surface area contributed by atoms with Gasteiger partial charge in [-0.05, 0) is 40.0 Å². The predicted octanol–water partition coefficient (Wildman–Crippen LogP) is 4.22. The summed E-state index contributed by atoms with van der Waals surface area (Å²) in [6, 6.07) is 6.23. The number of carbonyl (C=O) groups excluding carboxylic acids is 2. The molecule has 0 heterocycles. The Labute approximate surface area is 159 Å². The minimum Gasteiger partial charge on any atom is -0.481 e. The average Bonchev–Trinajstić information content (AvgIpc) is 2.63. The molecule has 0 radical (unpaired) electrons. The third-order valence-corrected chi connectivity index (χ3v) is 5.29. The lowest BCUT2D eigenvalue weighted by molar-refractivity contribution is -0.148. The van der Waals surface area contributed by atoms with Crippen LogP contribution in [0.1, 0.15) is 80.5 Å². The fraction of sp³-hybridized carbons (Fsp3) is 0.524. The Bertz CT molecular complexity index is 717. The van der Waals surface area contributed by atoms with E-state index in [1.807, 2.05) is 0 Å². The standard InChI is InChI=1S/C21H28O6/c1-5-21(4,19(26)27)13-11-17(23)15-8-6-14(7-9-15)16(22)10-12-20(2,3)18(24)25/h6-9H,5,10-13H2,1-4H3,(H,24,25)(H,26,27). The fourth-order valence-electron chi connectivity index (χ4n) is 2.49. The molecule has 148 valence electrons. The minimum absolute atomic E-state index is 0.111. The van der Waals surface area contributed by atoms with Crippen LogP contribution in [0.5, 0.6) is 0 Å². The second-order valence-corrected chi connectivity index (χ2v) is 7.83. The number of rotatable bonds is 11. The van der Waals surface area contributed by atoms with Crippen LogP contribution in [0, 0.1) is 10.8 Å². The molecule has 1 aromatic rings. The van der Waals surface area contributed by atoms with Crippen molar-refractivity contribution in [1.82, 2.24) is 0 Å². The Morgan fingerprint density at radius 3 is 1.52 bits per heavy atom. The van der Waals surface area contributed by atoms with Gasteiger partial charge in [0, 0.05) is 24.0 Å². The third kappa shape index (κ3) is 6.01. The lowest BCUT2D eigenvalue weighted by Gasteiger charge is -2.22. The molecule has 6 heteroatoms. The molecule has 0 aromatic heterocycles. The summed E-state index contributed by atoms with van der Waals surface area (Å²) >= 11 is 0. The van der Waals surface area contributed by atoms with Crippen molar-refractivity contribution in [2.45, 2.75) is 59.8 Å². The third-order valence-electron chi connectivity index (χ3n) is 5.29. The molecule has 0 aliphatic rings. The van der Waals surface area contributed by atoms with Crippen molar-refractivity contribution in [1.29, 1.82) is 0 Å². The fourth-order valence-corrected chi connectivity index (χ4v) is 2.49. The van der Waals surface area contributed by atoms with Crippen LogP contribution in [0.15, 0.2) is 24.3 Å². The first kappa shape index (κ1) is 22.5. The summed E-state index contributed by atoms with van der Waals surface area (Å²) < 4.78 is 0. The van der Waals surface area contributed by atoms with Gasteiger partial charge in [-0.2, -0.15) is 0 Å². The summed E-state index contributed by atoms with van der Waals surface area (Å²) in [5.41, 5.74) is -1.04. The van der Waals surface area contributed by atoms with Gasteiger partial charge in [0.2, 0.25) is 0 Å². The van der Waals surface area contributed by atoms with Gasteiger partial charge in [0.1, 0.15) is 0 Å². The van der Waals surface area contributed by atoms with Crippen LogP contribution >= 0.6 is 0 Å². The lowest BCUT2D eigenvalue weighted by atomic mass is 9.81. The van der Waals surface area contributed by atoms with Crippen molar-refractivity contribution in [3.8, 4) is 0 Å². The number of carboxylic acids is 2. The summed E-state index contributed by atoms with van der Waals surface area (Å²) in [7, 11) is 0. The Morgan fingerprint density at radius 1 is 0.778 bits per heavy atom. The average molecular weight is 376 g/mol. The van der Waals surface area contributed by atoms with Crippen molar-refractivity contribution in [3.05, 3.63) is 35.4 Å². The summed E-state index contributed by atoms with van der Waals surface area (Å²) in [6.07, 6.45) is 1.15. The number of hydrogen-bond acceptors (Lipinski definition) is 4. The summed E-state index contributed by atoms with van der Waals surface area (Å²) in [5, 5.41) is 18.4. The van der Waals surface area contributed by atoms with Gasteiger partial charge in [0.05, 0.1) is 10.8 Å². The Hall–Kier alpha value is -2.50. The minimum atomic E-state index is -0.971. The lowest BCUT2D eigenvalue weighted by Crippen LogP contribution is -2.27. The largest absolute Gasteiger partial charge is 0.481 e. The molecule has 0 bridgehead atoms. The van der Waals surface area contributed by atoms with E-state index in [4.69, 9.17) is 5.11 Å². The molecule has 1 unspecified atom stereocenters. The van der Waals surface area contributed by atoms with Crippen molar-refractivity contribution in [2.75, 3.05) is 0 Å². The molecule has 0 saturated carbocycles. The zero-order chi connectivity index (χ0) is 20.8. The van der Waals surface area contributed by atoms with Crippen molar-refractivity contribution >= 4 is 23.5 Å². The highest BCUT2D eigenvalue weighted by Gasteiger charge is 2.31. The Morgan fingerprint density at radius 2 is 1.19 bits per heavy atom. The van der Waals surface area contributed by atoms with Gasteiger partial charge in [-0.15, -0.1) is 0 Å². The normalized spacial score (nSPS) is 13.6. The van der Waals surface area contributed by atoms with Crippen molar-refractivity contribution in [3.63, 3.8) is 0 Å². The van der Waals surface area contributed by atoms with E-state index in [0.29, 0.717) is 17.5 Å². The van der Waals surface area contributed by atoms with E-state index in [0.717, 1.165) is 0 Å². The first-order chi connectivity index (χ1) is 12.4. The maximum Gasteiger partial charge on any atom is 0.309 e. The molecule has 0 fully saturated rings. The van der Waals surface area contributed by atoms with Crippen LogP contribution in [-0.2, 0) is 9.59 Å². The zero-order valence-electron chi connectivity index (χ0n) is 16.4. The number of carbonyl (C=O) groups is 4. The highest BCUT2D eigenvalue weighted by Crippen LogP contribution is 2.28. The van der Waals surface area contributed by atoms with Gasteiger partial charge in [0.25, 0.3) is 0 Å². The van der Waals surface area contributed by atoms with E-state index in [2.05, 4.69) is 0 Å². The number of aliphatic carboxylic acids is 2. The number of hydrogen-bond donors (Lipinski definition) is 2. The van der Waals surface area contributed by atoms with Gasteiger partial charge in [-0.3, -0.25) is 19.2 Å². The quantitative estimate of drug-likeness (QED) is 0.560. The van der Waals surface area contributed by atoms with Crippen molar-refractivity contribution < 1.29 is 29.4 Å². The predicted molar refractivity (Wildman–Crippen MR) is 101 cm³/mol. The molecular formula is C21H28O6. The molecule has 1 aromatic carbocycles. The SMILES string of the molecule is CCC(C)(CCC(=O)c1ccc(C(=O)CCC(C)(C)C(=O)O)cc1)C(=O)O. The van der Waals surface area contributed by atoms with E-state index in [1.165, 1.54) is 0 Å². The smallest absolute Gasteiger partial charge is 0.309 e. The zero-order valence-corrected chi connectivity index (χ0v) is 16.4. The number of Topliss-reactive ketones (excluding diaryl/α,β-unsaturated/α-hetero) is 2. The maximum atomic E-state index is 12.3. The van der Waals surface area contributed by atoms with Crippen LogP contribution in [0.2, 0.25) is 0 Å². The Balaban J connectivity index is 2.70. The van der Waals surface area contributed by atoms with Crippen LogP contribution in [-0.4, -0.2) is 33.7 Å². The van der Waals surface area contributed by atoms with E-state index < -0.39 is 22.8 Å². The second-order valence-electron chi connectivity index (χ2n) is 7.83. The summed E-state index contributed by atoms with van der Waals surface area (Å²) in [4.78, 5) is 46.9. The molecule has 27 heavy (non-hydrogen) atoms. The van der Waals surface area contributed by atoms with Crippen LogP contribution in [0.25, 0.3) is 0 Å². The molecule has 0 spiro atoms. The van der Waals surface area contributed by atoms with E-state index in [-0.39, 0.29) is 37.2 Å². The summed E-state index contributed by atoms with van der Waals surface area (Å²) in [6.45, 7) is 6.56. The van der Waals surface area contributed by atoms with Gasteiger partial charge >= 0.3 is 11.9 Å². The number of benzene rings is 1. The van der Waals surface area contributed by atoms with Crippen LogP contribution < -0.4 is 0 Å². The van der Waals surface area contributed by atoms with Gasteiger partial charge in [-0.25, -0.2) is 0 Å². The Kier molecular flexibility index (Phi) is 7.46. The first-order valence-corrected chi connectivity index (χ1v) is 9.06. The van der Waals surface area contributed by atoms with E-state index in [9.17, 15) is 24.3 Å². The molecule has 1 atom stereocenters. The van der Waals surface area contributed by atoms with Crippen molar-refractivity contribution in [2.24, 2.45) is 10.8 Å². The maximum absolute atomic E-state index is 12.3. The monoisotopic (exact) mass is 376 g/mol. The molecule has 0 aliphatic heterocycles. The number of carboxylic acid groups (broad SMARTS) is 2. The van der Waals surface area contributed by atoms with Crippen LogP contribution in [0.4, 0.5) is 0 Å². The number of ketones is 2. The molecule has 0 aliphatic carbocycles. The first-order valence-electron chi connectivity index (χ1n) is 9.06.